The number of methoxy groups -OCH3 is 2. The standard InChI is InChI=1S/C18H22N4O3/c1-12-9-13(2)22(20-12)8-7-21-6-5-19-18(21)14-10-15(24-3)17(23)16(11-14)25-4/h5-6,9-11,23H,7-8H2,1-4H3. The normalized spacial score (nSPS) is 10.9. The number of nitrogens with zero attached hydrogens (tertiary/aromatic N) is 4. The fraction of sp³-hybridized carbons (Fsp3) is 0.333. The first-order chi connectivity index (χ1) is 12.0. The molecule has 0 radical (unpaired) electrons. The fourth-order valence-electron chi connectivity index (χ4n) is 2.88. The van der Waals surface area contributed by atoms with Crippen LogP contribution in [0.1, 0.15) is 11.4 Å². The molecule has 2 heterocycles. The van der Waals surface area contributed by atoms with Gasteiger partial charge in [0, 0.05) is 30.2 Å². The van der Waals surface area contributed by atoms with Crippen LogP contribution in [0.3, 0.4) is 0 Å². The van der Waals surface area contributed by atoms with E-state index in [0.717, 1.165) is 35.9 Å². The van der Waals surface area contributed by atoms with E-state index in [4.69, 9.17) is 9.47 Å². The number of hydrogen-bond donors (Lipinski definition) is 1. The van der Waals surface area contributed by atoms with Gasteiger partial charge in [-0.2, -0.15) is 5.10 Å². The summed E-state index contributed by atoms with van der Waals surface area (Å²) < 4.78 is 14.5. The molecule has 0 atom stereocenters. The molecule has 132 valence electrons. The summed E-state index contributed by atoms with van der Waals surface area (Å²) in [6, 6.07) is 5.56. The van der Waals surface area contributed by atoms with Gasteiger partial charge in [0.1, 0.15) is 5.82 Å². The third-order valence-electron chi connectivity index (χ3n) is 4.11. The summed E-state index contributed by atoms with van der Waals surface area (Å²) in [5.74, 6) is 1.46. The molecule has 1 aromatic carbocycles. The molecule has 0 unspecified atom stereocenters. The monoisotopic (exact) mass is 342 g/mol. The third kappa shape index (κ3) is 3.31. The summed E-state index contributed by atoms with van der Waals surface area (Å²) >= 11 is 0. The molecule has 0 saturated heterocycles. The van der Waals surface area contributed by atoms with Gasteiger partial charge in [0.15, 0.2) is 11.5 Å². The Kier molecular flexibility index (Phi) is 4.65. The van der Waals surface area contributed by atoms with Gasteiger partial charge in [-0.3, -0.25) is 4.68 Å². The molecule has 0 amide bonds. The molecular formula is C18H22N4O3. The average molecular weight is 342 g/mol. The molecule has 1 N–H and O–H groups in total. The van der Waals surface area contributed by atoms with Gasteiger partial charge in [-0.15, -0.1) is 0 Å². The lowest BCUT2D eigenvalue weighted by molar-refractivity contribution is 0.340. The Hall–Kier alpha value is -2.96. The fourth-order valence-corrected chi connectivity index (χ4v) is 2.88. The quantitative estimate of drug-likeness (QED) is 0.745. The first kappa shape index (κ1) is 16.9. The van der Waals surface area contributed by atoms with Gasteiger partial charge in [0.25, 0.3) is 0 Å². The number of benzene rings is 1. The number of aromatic nitrogens is 4. The highest BCUT2D eigenvalue weighted by Crippen LogP contribution is 2.39. The maximum absolute atomic E-state index is 10.1. The summed E-state index contributed by atoms with van der Waals surface area (Å²) in [4.78, 5) is 4.45. The largest absolute Gasteiger partial charge is 0.502 e. The summed E-state index contributed by atoms with van der Waals surface area (Å²) in [7, 11) is 3.02. The molecule has 0 spiro atoms. The predicted molar refractivity (Wildman–Crippen MR) is 94.1 cm³/mol. The van der Waals surface area contributed by atoms with Crippen LogP contribution in [-0.2, 0) is 13.1 Å². The van der Waals surface area contributed by atoms with Crippen molar-refractivity contribution >= 4 is 0 Å². The number of ether oxygens (including phenoxy) is 2. The minimum absolute atomic E-state index is 0.0190. The van der Waals surface area contributed by atoms with Gasteiger partial charge < -0.3 is 19.1 Å². The molecule has 0 aliphatic carbocycles. The number of imidazole rings is 1. The average Bonchev–Trinajstić information content (AvgIpc) is 3.19. The van der Waals surface area contributed by atoms with E-state index in [1.807, 2.05) is 29.3 Å². The van der Waals surface area contributed by atoms with Gasteiger partial charge in [0.2, 0.25) is 5.75 Å². The zero-order valence-electron chi connectivity index (χ0n) is 14.9. The first-order valence-electron chi connectivity index (χ1n) is 8.01. The van der Waals surface area contributed by atoms with Crippen LogP contribution in [0.2, 0.25) is 0 Å². The summed E-state index contributed by atoms with van der Waals surface area (Å²) in [6.07, 6.45) is 3.68. The summed E-state index contributed by atoms with van der Waals surface area (Å²) in [5, 5.41) is 14.6. The summed E-state index contributed by atoms with van der Waals surface area (Å²) in [5.41, 5.74) is 2.95. The summed E-state index contributed by atoms with van der Waals surface area (Å²) in [6.45, 7) is 5.50. The minimum atomic E-state index is -0.0190. The maximum atomic E-state index is 10.1. The van der Waals surface area contributed by atoms with Crippen LogP contribution in [0.4, 0.5) is 0 Å². The molecule has 0 bridgehead atoms. The van der Waals surface area contributed by atoms with Crippen molar-refractivity contribution in [1.29, 1.82) is 0 Å². The predicted octanol–water partition coefficient (Wildman–Crippen LogP) is 2.79. The Balaban J connectivity index is 1.90. The molecule has 0 aliphatic heterocycles. The highest BCUT2D eigenvalue weighted by Gasteiger charge is 2.15. The van der Waals surface area contributed by atoms with Crippen molar-refractivity contribution < 1.29 is 14.6 Å². The molecular weight excluding hydrogens is 320 g/mol. The second kappa shape index (κ2) is 6.88. The lowest BCUT2D eigenvalue weighted by Crippen LogP contribution is -2.10. The third-order valence-corrected chi connectivity index (χ3v) is 4.11. The topological polar surface area (TPSA) is 74.3 Å². The van der Waals surface area contributed by atoms with E-state index in [2.05, 4.69) is 16.1 Å². The Labute approximate surface area is 146 Å². The smallest absolute Gasteiger partial charge is 0.200 e. The Bertz CT molecular complexity index is 857. The van der Waals surface area contributed by atoms with Crippen LogP contribution in [0.5, 0.6) is 17.2 Å². The van der Waals surface area contributed by atoms with E-state index < -0.39 is 0 Å². The van der Waals surface area contributed by atoms with Crippen LogP contribution in [-0.4, -0.2) is 38.7 Å². The van der Waals surface area contributed by atoms with E-state index in [9.17, 15) is 5.11 Å². The minimum Gasteiger partial charge on any atom is -0.502 e. The number of aryl methyl sites for hydroxylation is 4. The lowest BCUT2D eigenvalue weighted by Gasteiger charge is -2.13. The number of phenols is 1. The van der Waals surface area contributed by atoms with Gasteiger partial charge in [0.05, 0.1) is 26.5 Å². The van der Waals surface area contributed by atoms with Crippen molar-refractivity contribution in [1.82, 2.24) is 19.3 Å². The molecule has 7 heteroatoms. The van der Waals surface area contributed by atoms with Crippen molar-refractivity contribution in [2.45, 2.75) is 26.9 Å². The van der Waals surface area contributed by atoms with Gasteiger partial charge in [-0.1, -0.05) is 0 Å². The van der Waals surface area contributed by atoms with Crippen LogP contribution in [0, 0.1) is 13.8 Å². The van der Waals surface area contributed by atoms with E-state index in [-0.39, 0.29) is 5.75 Å². The van der Waals surface area contributed by atoms with Crippen LogP contribution < -0.4 is 9.47 Å². The van der Waals surface area contributed by atoms with E-state index in [1.54, 1.807) is 18.3 Å². The van der Waals surface area contributed by atoms with Crippen LogP contribution >= 0.6 is 0 Å². The molecule has 3 rings (SSSR count). The first-order valence-corrected chi connectivity index (χ1v) is 8.01. The Morgan fingerprint density at radius 2 is 1.72 bits per heavy atom. The van der Waals surface area contributed by atoms with E-state index >= 15 is 0 Å². The molecule has 25 heavy (non-hydrogen) atoms. The van der Waals surface area contributed by atoms with Gasteiger partial charge in [-0.25, -0.2) is 4.98 Å². The zero-order chi connectivity index (χ0) is 18.0. The maximum Gasteiger partial charge on any atom is 0.200 e. The second-order valence-electron chi connectivity index (χ2n) is 5.82. The Morgan fingerprint density at radius 3 is 2.28 bits per heavy atom. The van der Waals surface area contributed by atoms with Crippen molar-refractivity contribution in [2.24, 2.45) is 0 Å². The van der Waals surface area contributed by atoms with Crippen LogP contribution in [0.25, 0.3) is 11.4 Å². The molecule has 0 fully saturated rings. The van der Waals surface area contributed by atoms with Crippen LogP contribution in [0.15, 0.2) is 30.6 Å². The van der Waals surface area contributed by atoms with Crippen molar-refractivity contribution in [3.63, 3.8) is 0 Å². The highest BCUT2D eigenvalue weighted by atomic mass is 16.5. The number of phenolic OH excluding ortho intramolecular Hbond substituents is 1. The molecule has 0 aliphatic rings. The second-order valence-corrected chi connectivity index (χ2v) is 5.82. The van der Waals surface area contributed by atoms with E-state index in [0.29, 0.717) is 11.5 Å². The molecule has 3 aromatic rings. The number of rotatable bonds is 6. The van der Waals surface area contributed by atoms with Crippen molar-refractivity contribution in [3.8, 4) is 28.6 Å². The number of aromatic hydroxyl groups is 1. The highest BCUT2D eigenvalue weighted by molar-refractivity contribution is 5.66. The lowest BCUT2D eigenvalue weighted by atomic mass is 10.1. The molecule has 7 nitrogen and oxygen atoms in total. The van der Waals surface area contributed by atoms with Crippen molar-refractivity contribution in [2.75, 3.05) is 14.2 Å². The molecule has 2 aromatic heterocycles. The number of hydrogen-bond acceptors (Lipinski definition) is 5. The van der Waals surface area contributed by atoms with Gasteiger partial charge in [-0.05, 0) is 32.0 Å². The van der Waals surface area contributed by atoms with E-state index in [1.165, 1.54) is 14.2 Å². The van der Waals surface area contributed by atoms with Gasteiger partial charge >= 0.3 is 0 Å². The zero-order valence-corrected chi connectivity index (χ0v) is 14.9. The molecule has 0 saturated carbocycles. The Morgan fingerprint density at radius 1 is 1.04 bits per heavy atom. The SMILES string of the molecule is COc1cc(-c2nccn2CCn2nc(C)cc2C)cc(OC)c1O. The van der Waals surface area contributed by atoms with Crippen molar-refractivity contribution in [3.05, 3.63) is 42.0 Å².